The molecule has 10 heteroatoms. The second-order valence-corrected chi connectivity index (χ2v) is 10.3. The number of aliphatic hydroxyl groups excluding tert-OH is 1. The molecule has 0 amide bonds. The van der Waals surface area contributed by atoms with Gasteiger partial charge in [0.05, 0.1) is 24.9 Å². The lowest BCUT2D eigenvalue weighted by molar-refractivity contribution is -0.153. The molecule has 224 valence electrons. The summed E-state index contributed by atoms with van der Waals surface area (Å²) >= 11 is 0. The maximum atomic E-state index is 13.0. The SMILES string of the molecule is COCOc1cc(OC)cc(CCC[C@@H]2OC(C)(C)OC2C(C=CC[C@H](C)O)OC(=O)c2ccccc2)c1C(=O)O. The number of aliphatic hydroxyl groups is 1. The van der Waals surface area contributed by atoms with E-state index in [0.29, 0.717) is 42.6 Å². The summed E-state index contributed by atoms with van der Waals surface area (Å²) in [4.78, 5) is 25.1. The molecule has 0 aliphatic carbocycles. The summed E-state index contributed by atoms with van der Waals surface area (Å²) in [6.07, 6.45) is 2.84. The maximum Gasteiger partial charge on any atom is 0.339 e. The number of aryl methyl sites for hydroxylation is 1. The van der Waals surface area contributed by atoms with Crippen LogP contribution < -0.4 is 9.47 Å². The number of benzene rings is 2. The average Bonchev–Trinajstić information content (AvgIpc) is 3.24. The summed E-state index contributed by atoms with van der Waals surface area (Å²) in [7, 11) is 2.95. The molecule has 3 rings (SSSR count). The van der Waals surface area contributed by atoms with Crippen molar-refractivity contribution in [3.05, 3.63) is 71.3 Å². The number of rotatable bonds is 15. The van der Waals surface area contributed by atoms with Crippen LogP contribution in [0.25, 0.3) is 0 Å². The van der Waals surface area contributed by atoms with Gasteiger partial charge in [0.15, 0.2) is 12.6 Å². The van der Waals surface area contributed by atoms with Crippen LogP contribution >= 0.6 is 0 Å². The van der Waals surface area contributed by atoms with Gasteiger partial charge in [0.1, 0.15) is 29.3 Å². The second-order valence-electron chi connectivity index (χ2n) is 10.3. The van der Waals surface area contributed by atoms with Gasteiger partial charge < -0.3 is 38.6 Å². The van der Waals surface area contributed by atoms with Gasteiger partial charge >= 0.3 is 11.9 Å². The van der Waals surface area contributed by atoms with E-state index < -0.39 is 42.1 Å². The second kappa shape index (κ2) is 15.0. The first-order chi connectivity index (χ1) is 19.5. The molecule has 1 aliphatic rings. The fourth-order valence-corrected chi connectivity index (χ4v) is 4.69. The van der Waals surface area contributed by atoms with Crippen molar-refractivity contribution in [1.82, 2.24) is 0 Å². The molecule has 1 aliphatic heterocycles. The summed E-state index contributed by atoms with van der Waals surface area (Å²) in [5.41, 5.74) is 0.988. The largest absolute Gasteiger partial charge is 0.497 e. The van der Waals surface area contributed by atoms with Gasteiger partial charge in [-0.2, -0.15) is 0 Å². The fraction of sp³-hybridized carbons (Fsp3) is 0.484. The Morgan fingerprint density at radius 2 is 1.85 bits per heavy atom. The van der Waals surface area contributed by atoms with E-state index in [2.05, 4.69) is 0 Å². The molecule has 0 bridgehead atoms. The van der Waals surface area contributed by atoms with Gasteiger partial charge in [-0.3, -0.25) is 0 Å². The van der Waals surface area contributed by atoms with Crippen molar-refractivity contribution in [1.29, 1.82) is 0 Å². The Bertz CT molecular complexity index is 1170. The van der Waals surface area contributed by atoms with Crippen LogP contribution in [0.3, 0.4) is 0 Å². The number of carboxylic acid groups (broad SMARTS) is 1. The number of carbonyl (C=O) groups excluding carboxylic acids is 1. The Morgan fingerprint density at radius 1 is 1.12 bits per heavy atom. The summed E-state index contributed by atoms with van der Waals surface area (Å²) in [5, 5.41) is 19.7. The quantitative estimate of drug-likeness (QED) is 0.175. The van der Waals surface area contributed by atoms with Crippen molar-refractivity contribution in [3.63, 3.8) is 0 Å². The number of esters is 1. The predicted octanol–water partition coefficient (Wildman–Crippen LogP) is 4.77. The minimum absolute atomic E-state index is 0.0408. The number of carbonyl (C=O) groups is 2. The van der Waals surface area contributed by atoms with Gasteiger partial charge in [0, 0.05) is 13.2 Å². The van der Waals surface area contributed by atoms with Crippen LogP contribution in [-0.4, -0.2) is 73.4 Å². The van der Waals surface area contributed by atoms with Crippen LogP contribution in [0.1, 0.15) is 66.3 Å². The third kappa shape index (κ3) is 9.29. The lowest BCUT2D eigenvalue weighted by Crippen LogP contribution is -2.37. The third-order valence-electron chi connectivity index (χ3n) is 6.47. The van der Waals surface area contributed by atoms with Crippen molar-refractivity contribution < 1.29 is 48.2 Å². The number of methoxy groups -OCH3 is 2. The van der Waals surface area contributed by atoms with E-state index in [-0.39, 0.29) is 18.1 Å². The smallest absolute Gasteiger partial charge is 0.339 e. The van der Waals surface area contributed by atoms with Crippen LogP contribution in [0.2, 0.25) is 0 Å². The minimum Gasteiger partial charge on any atom is -0.497 e. The molecule has 0 spiro atoms. The average molecular weight is 573 g/mol. The van der Waals surface area contributed by atoms with Gasteiger partial charge in [0.25, 0.3) is 0 Å². The monoisotopic (exact) mass is 572 g/mol. The van der Waals surface area contributed by atoms with Crippen molar-refractivity contribution in [2.75, 3.05) is 21.0 Å². The van der Waals surface area contributed by atoms with Gasteiger partial charge in [-0.05, 0) is 76.3 Å². The van der Waals surface area contributed by atoms with Crippen LogP contribution in [-0.2, 0) is 25.4 Å². The van der Waals surface area contributed by atoms with Crippen LogP contribution in [0.15, 0.2) is 54.6 Å². The van der Waals surface area contributed by atoms with Crippen LogP contribution in [0.4, 0.5) is 0 Å². The molecule has 2 aromatic rings. The highest BCUT2D eigenvalue weighted by Crippen LogP contribution is 2.35. The van der Waals surface area contributed by atoms with E-state index in [0.717, 1.165) is 0 Å². The van der Waals surface area contributed by atoms with Gasteiger partial charge in [-0.1, -0.05) is 24.3 Å². The lowest BCUT2D eigenvalue weighted by atomic mass is 9.96. The van der Waals surface area contributed by atoms with E-state index in [9.17, 15) is 19.8 Å². The number of ether oxygens (including phenoxy) is 6. The van der Waals surface area contributed by atoms with E-state index >= 15 is 0 Å². The Morgan fingerprint density at radius 3 is 2.49 bits per heavy atom. The highest BCUT2D eigenvalue weighted by molar-refractivity contribution is 5.93. The van der Waals surface area contributed by atoms with E-state index in [1.165, 1.54) is 20.3 Å². The number of carboxylic acids is 1. The van der Waals surface area contributed by atoms with Crippen LogP contribution in [0.5, 0.6) is 11.5 Å². The Kier molecular flexibility index (Phi) is 11.7. The van der Waals surface area contributed by atoms with E-state index in [1.54, 1.807) is 63.3 Å². The first-order valence-corrected chi connectivity index (χ1v) is 13.6. The maximum absolute atomic E-state index is 13.0. The molecule has 2 unspecified atom stereocenters. The molecule has 1 saturated heterocycles. The van der Waals surface area contributed by atoms with Crippen LogP contribution in [0, 0.1) is 0 Å². The van der Waals surface area contributed by atoms with Gasteiger partial charge in [-0.25, -0.2) is 9.59 Å². The molecule has 10 nitrogen and oxygen atoms in total. The number of hydrogen-bond donors (Lipinski definition) is 2. The molecule has 0 saturated carbocycles. The zero-order valence-electron chi connectivity index (χ0n) is 24.2. The zero-order chi connectivity index (χ0) is 30.0. The van der Waals surface area contributed by atoms with E-state index in [4.69, 9.17) is 28.4 Å². The highest BCUT2D eigenvalue weighted by atomic mass is 16.8. The molecule has 2 aromatic carbocycles. The third-order valence-corrected chi connectivity index (χ3v) is 6.47. The molecule has 0 radical (unpaired) electrons. The Balaban J connectivity index is 1.81. The summed E-state index contributed by atoms with van der Waals surface area (Å²) in [6, 6.07) is 11.9. The molecule has 4 atom stereocenters. The molecule has 1 fully saturated rings. The normalized spacial score (nSPS) is 19.6. The number of aromatic carboxylic acids is 1. The molecular weight excluding hydrogens is 532 g/mol. The van der Waals surface area contributed by atoms with Gasteiger partial charge in [0.2, 0.25) is 0 Å². The Hall–Kier alpha value is -3.44. The highest BCUT2D eigenvalue weighted by Gasteiger charge is 2.45. The van der Waals surface area contributed by atoms with Crippen molar-refractivity contribution in [2.45, 2.75) is 76.7 Å². The topological polar surface area (TPSA) is 130 Å². The first-order valence-electron chi connectivity index (χ1n) is 13.6. The van der Waals surface area contributed by atoms with Gasteiger partial charge in [-0.15, -0.1) is 0 Å². The molecule has 1 heterocycles. The standard InChI is InChI=1S/C31H40O10/c1-20(32)11-9-15-24(39-30(35)21-12-7-6-8-13-21)28-25(40-31(2,3)41-28)16-10-14-22-17-23(37-5)18-26(38-19-36-4)27(22)29(33)34/h6-9,12-13,15,17-18,20,24-25,28,32H,10-11,14,16,19H2,1-5H3,(H,33,34)/t20-,24?,25-,28?/m0/s1. The van der Waals surface area contributed by atoms with E-state index in [1.807, 2.05) is 6.07 Å². The zero-order valence-corrected chi connectivity index (χ0v) is 24.2. The lowest BCUT2D eigenvalue weighted by Gasteiger charge is -2.25. The van der Waals surface area contributed by atoms with Crippen molar-refractivity contribution in [2.24, 2.45) is 0 Å². The molecule has 2 N–H and O–H groups in total. The summed E-state index contributed by atoms with van der Waals surface area (Å²) < 4.78 is 34.2. The minimum atomic E-state index is -1.12. The first kappa shape index (κ1) is 32.1. The van der Waals surface area contributed by atoms with Crippen molar-refractivity contribution >= 4 is 11.9 Å². The Labute approximate surface area is 240 Å². The fourth-order valence-electron chi connectivity index (χ4n) is 4.69. The number of hydrogen-bond acceptors (Lipinski definition) is 9. The molecular formula is C31H40O10. The molecule has 0 aromatic heterocycles. The summed E-state index contributed by atoms with van der Waals surface area (Å²) in [6.45, 7) is 5.15. The molecule has 41 heavy (non-hydrogen) atoms. The predicted molar refractivity (Wildman–Crippen MR) is 150 cm³/mol. The van der Waals surface area contributed by atoms with Crippen molar-refractivity contribution in [3.8, 4) is 11.5 Å². The summed E-state index contributed by atoms with van der Waals surface area (Å²) in [5.74, 6) is -1.94.